The molecule has 1 nitrogen and oxygen atoms in total. The summed E-state index contributed by atoms with van der Waals surface area (Å²) in [7, 11) is 0. The van der Waals surface area contributed by atoms with Gasteiger partial charge in [0.15, 0.2) is 0 Å². The van der Waals surface area contributed by atoms with Gasteiger partial charge >= 0.3 is 0 Å². The van der Waals surface area contributed by atoms with Gasteiger partial charge in [0.2, 0.25) is 0 Å². The van der Waals surface area contributed by atoms with Crippen LogP contribution >= 0.6 is 0 Å². The van der Waals surface area contributed by atoms with E-state index in [0.29, 0.717) is 12.5 Å². The molecule has 62 valence electrons. The van der Waals surface area contributed by atoms with Crippen molar-refractivity contribution in [2.45, 2.75) is 12.3 Å². The molecule has 1 rings (SSSR count). The summed E-state index contributed by atoms with van der Waals surface area (Å²) in [6, 6.07) is 10.1. The van der Waals surface area contributed by atoms with Crippen LogP contribution in [0.15, 0.2) is 30.3 Å². The van der Waals surface area contributed by atoms with E-state index in [9.17, 15) is 0 Å². The summed E-state index contributed by atoms with van der Waals surface area (Å²) in [5, 5.41) is 0. The Morgan fingerprint density at radius 3 is 2.50 bits per heavy atom. The van der Waals surface area contributed by atoms with Crippen molar-refractivity contribution < 1.29 is 0 Å². The van der Waals surface area contributed by atoms with Crippen LogP contribution in [0.4, 0.5) is 0 Å². The van der Waals surface area contributed by atoms with Gasteiger partial charge < -0.3 is 5.73 Å². The lowest BCUT2D eigenvalue weighted by Crippen LogP contribution is -2.11. The van der Waals surface area contributed by atoms with Crippen LogP contribution < -0.4 is 5.73 Å². The van der Waals surface area contributed by atoms with E-state index in [1.165, 1.54) is 5.56 Å². The summed E-state index contributed by atoms with van der Waals surface area (Å²) in [4.78, 5) is 0. The summed E-state index contributed by atoms with van der Waals surface area (Å²) in [5.74, 6) is 2.95. The summed E-state index contributed by atoms with van der Waals surface area (Å²) < 4.78 is 0. The molecule has 1 aromatic rings. The molecule has 0 bridgehead atoms. The zero-order valence-electron chi connectivity index (χ0n) is 7.03. The fourth-order valence-corrected chi connectivity index (χ4v) is 1.20. The van der Waals surface area contributed by atoms with E-state index >= 15 is 0 Å². The highest BCUT2D eigenvalue weighted by Crippen LogP contribution is 2.16. The number of hydrogen-bond acceptors (Lipinski definition) is 1. The maximum absolute atomic E-state index is 5.60. The molecule has 2 N–H and O–H groups in total. The molecule has 1 aromatic carbocycles. The number of rotatable bonds is 3. The summed E-state index contributed by atoms with van der Waals surface area (Å²) >= 11 is 0. The predicted octanol–water partition coefficient (Wildman–Crippen LogP) is 1.75. The first-order valence-corrected chi connectivity index (χ1v) is 4.07. The third-order valence-electron chi connectivity index (χ3n) is 1.92. The zero-order chi connectivity index (χ0) is 8.81. The average Bonchev–Trinajstić information content (AvgIpc) is 2.15. The largest absolute Gasteiger partial charge is 0.330 e. The van der Waals surface area contributed by atoms with Crippen molar-refractivity contribution in [3.05, 3.63) is 35.9 Å². The first-order chi connectivity index (χ1) is 5.88. The minimum Gasteiger partial charge on any atom is -0.330 e. The van der Waals surface area contributed by atoms with Crippen LogP contribution in [0.25, 0.3) is 0 Å². The molecular weight excluding hydrogens is 146 g/mol. The number of hydrogen-bond donors (Lipinski definition) is 1. The highest BCUT2D eigenvalue weighted by atomic mass is 14.5. The number of terminal acetylenes is 1. The molecule has 0 saturated heterocycles. The highest BCUT2D eigenvalue weighted by Gasteiger charge is 2.05. The van der Waals surface area contributed by atoms with Gasteiger partial charge in [-0.2, -0.15) is 0 Å². The minimum atomic E-state index is 0.316. The van der Waals surface area contributed by atoms with Gasteiger partial charge in [-0.3, -0.25) is 0 Å². The van der Waals surface area contributed by atoms with Crippen LogP contribution in [0.1, 0.15) is 17.9 Å². The molecule has 0 aliphatic rings. The first kappa shape index (κ1) is 8.83. The van der Waals surface area contributed by atoms with Gasteiger partial charge in [-0.25, -0.2) is 0 Å². The van der Waals surface area contributed by atoms with Crippen molar-refractivity contribution >= 4 is 0 Å². The minimum absolute atomic E-state index is 0.316. The van der Waals surface area contributed by atoms with Crippen molar-refractivity contribution in [1.82, 2.24) is 0 Å². The second-order valence-electron chi connectivity index (χ2n) is 2.75. The van der Waals surface area contributed by atoms with Gasteiger partial charge in [-0.05, 0) is 5.56 Å². The van der Waals surface area contributed by atoms with Crippen LogP contribution in [0, 0.1) is 12.3 Å². The molecule has 0 aliphatic heterocycles. The number of benzene rings is 1. The van der Waals surface area contributed by atoms with Crippen LogP contribution in [0.5, 0.6) is 0 Å². The number of nitrogens with two attached hydrogens (primary N) is 1. The third kappa shape index (κ3) is 2.11. The van der Waals surface area contributed by atoms with E-state index < -0.39 is 0 Å². The molecule has 0 saturated carbocycles. The van der Waals surface area contributed by atoms with E-state index in [2.05, 4.69) is 18.1 Å². The van der Waals surface area contributed by atoms with Crippen molar-refractivity contribution in [3.8, 4) is 12.3 Å². The maximum atomic E-state index is 5.60. The second-order valence-corrected chi connectivity index (χ2v) is 2.75. The van der Waals surface area contributed by atoms with E-state index in [1.54, 1.807) is 0 Å². The Balaban J connectivity index is 2.75. The molecule has 0 aromatic heterocycles. The van der Waals surface area contributed by atoms with Crippen LogP contribution in [-0.4, -0.2) is 6.54 Å². The maximum Gasteiger partial charge on any atom is 0.0167 e. The molecular formula is C11H13N. The smallest absolute Gasteiger partial charge is 0.0167 e. The third-order valence-corrected chi connectivity index (χ3v) is 1.92. The van der Waals surface area contributed by atoms with E-state index in [1.807, 2.05) is 18.2 Å². The van der Waals surface area contributed by atoms with E-state index in [0.717, 1.165) is 6.42 Å². The van der Waals surface area contributed by atoms with E-state index in [-0.39, 0.29) is 0 Å². The van der Waals surface area contributed by atoms with Crippen molar-refractivity contribution in [2.24, 2.45) is 5.73 Å². The fraction of sp³-hybridized carbons (Fsp3) is 0.273. The van der Waals surface area contributed by atoms with Crippen molar-refractivity contribution in [1.29, 1.82) is 0 Å². The van der Waals surface area contributed by atoms with Crippen LogP contribution in [-0.2, 0) is 0 Å². The summed E-state index contributed by atoms with van der Waals surface area (Å²) in [6.45, 7) is 0.619. The zero-order valence-corrected chi connectivity index (χ0v) is 7.03. The molecule has 0 aliphatic carbocycles. The van der Waals surface area contributed by atoms with Gasteiger partial charge in [-0.15, -0.1) is 12.3 Å². The molecule has 0 fully saturated rings. The SMILES string of the molecule is C#CCC(CN)c1ccccc1. The molecule has 0 radical (unpaired) electrons. The second kappa shape index (κ2) is 4.58. The molecule has 1 atom stereocenters. The van der Waals surface area contributed by atoms with Crippen molar-refractivity contribution in [3.63, 3.8) is 0 Å². The Bertz CT molecular complexity index is 258. The Morgan fingerprint density at radius 2 is 2.00 bits per heavy atom. The lowest BCUT2D eigenvalue weighted by atomic mass is 9.96. The molecule has 0 heterocycles. The van der Waals surface area contributed by atoms with E-state index in [4.69, 9.17) is 12.2 Å². The Kier molecular flexibility index (Phi) is 3.37. The van der Waals surface area contributed by atoms with Crippen molar-refractivity contribution in [2.75, 3.05) is 6.54 Å². The molecule has 0 amide bonds. The average molecular weight is 159 g/mol. The predicted molar refractivity (Wildman–Crippen MR) is 51.7 cm³/mol. The van der Waals surface area contributed by atoms with Gasteiger partial charge in [-0.1, -0.05) is 30.3 Å². The normalized spacial score (nSPS) is 12.0. The Morgan fingerprint density at radius 1 is 1.33 bits per heavy atom. The molecule has 0 spiro atoms. The Hall–Kier alpha value is -1.26. The standard InChI is InChI=1S/C11H13N/c1-2-6-11(9-12)10-7-4-3-5-8-10/h1,3-5,7-8,11H,6,9,12H2. The quantitative estimate of drug-likeness (QED) is 0.668. The Labute approximate surface area is 73.6 Å². The lowest BCUT2D eigenvalue weighted by molar-refractivity contribution is 0.722. The first-order valence-electron chi connectivity index (χ1n) is 4.07. The molecule has 1 heteroatoms. The molecule has 1 unspecified atom stereocenters. The van der Waals surface area contributed by atoms with Crippen LogP contribution in [0.2, 0.25) is 0 Å². The van der Waals surface area contributed by atoms with Gasteiger partial charge in [0.25, 0.3) is 0 Å². The van der Waals surface area contributed by atoms with Crippen LogP contribution in [0.3, 0.4) is 0 Å². The molecule has 12 heavy (non-hydrogen) atoms. The summed E-state index contributed by atoms with van der Waals surface area (Å²) in [5.41, 5.74) is 6.83. The monoisotopic (exact) mass is 159 g/mol. The fourth-order valence-electron chi connectivity index (χ4n) is 1.20. The van der Waals surface area contributed by atoms with Gasteiger partial charge in [0.05, 0.1) is 0 Å². The summed E-state index contributed by atoms with van der Waals surface area (Å²) in [6.07, 6.45) is 5.96. The van der Waals surface area contributed by atoms with Gasteiger partial charge in [0.1, 0.15) is 0 Å². The topological polar surface area (TPSA) is 26.0 Å². The lowest BCUT2D eigenvalue weighted by Gasteiger charge is -2.10. The van der Waals surface area contributed by atoms with Gasteiger partial charge in [0, 0.05) is 18.9 Å². The highest BCUT2D eigenvalue weighted by molar-refractivity contribution is 5.21.